The van der Waals surface area contributed by atoms with Crippen LogP contribution in [0.5, 0.6) is 0 Å². The molecule has 116 valence electrons. The fourth-order valence-corrected chi connectivity index (χ4v) is 3.46. The maximum absolute atomic E-state index is 12.5. The highest BCUT2D eigenvalue weighted by Gasteiger charge is 2.17. The van der Waals surface area contributed by atoms with Crippen molar-refractivity contribution >= 4 is 21.6 Å². The molecule has 2 aromatic carbocycles. The molecule has 0 saturated heterocycles. The van der Waals surface area contributed by atoms with E-state index in [9.17, 15) is 13.2 Å². The molecule has 2 N–H and O–H groups in total. The Kier molecular flexibility index (Phi) is 4.51. The van der Waals surface area contributed by atoms with E-state index in [0.717, 1.165) is 5.56 Å². The number of hydrogen-bond acceptors (Lipinski definition) is 3. The molecule has 0 aliphatic carbocycles. The van der Waals surface area contributed by atoms with Gasteiger partial charge in [-0.2, -0.15) is 0 Å². The van der Waals surface area contributed by atoms with Crippen LogP contribution in [0.25, 0.3) is 0 Å². The van der Waals surface area contributed by atoms with Crippen molar-refractivity contribution in [1.82, 2.24) is 5.32 Å². The Bertz CT molecular complexity index is 814. The summed E-state index contributed by atoms with van der Waals surface area (Å²) in [5.41, 5.74) is 2.27. The number of nitrogens with one attached hydrogen (secondary N) is 2. The summed E-state index contributed by atoms with van der Waals surface area (Å²) in [4.78, 5) is 11.8. The molecule has 0 heterocycles. The molecule has 6 heteroatoms. The van der Waals surface area contributed by atoms with Crippen molar-refractivity contribution in [3.8, 4) is 0 Å². The second-order valence-electron chi connectivity index (χ2n) is 5.03. The third-order valence-corrected chi connectivity index (χ3v) is 4.76. The van der Waals surface area contributed by atoms with Crippen molar-refractivity contribution in [3.05, 3.63) is 59.2 Å². The van der Waals surface area contributed by atoms with Crippen molar-refractivity contribution in [2.75, 3.05) is 11.8 Å². The molecule has 0 bridgehead atoms. The first-order valence-corrected chi connectivity index (χ1v) is 8.24. The van der Waals surface area contributed by atoms with E-state index < -0.39 is 10.0 Å². The summed E-state index contributed by atoms with van der Waals surface area (Å²) in [5, 5.41) is 2.50. The first-order chi connectivity index (χ1) is 10.3. The van der Waals surface area contributed by atoms with E-state index in [2.05, 4.69) is 10.0 Å². The zero-order valence-electron chi connectivity index (χ0n) is 12.7. The lowest BCUT2D eigenvalue weighted by Crippen LogP contribution is -2.19. The fourth-order valence-electron chi connectivity index (χ4n) is 2.08. The van der Waals surface area contributed by atoms with Gasteiger partial charge in [0.2, 0.25) is 0 Å². The number of anilines is 1. The average molecular weight is 318 g/mol. The molecular formula is C16H18N2O3S. The van der Waals surface area contributed by atoms with Crippen LogP contribution in [0.15, 0.2) is 47.4 Å². The summed E-state index contributed by atoms with van der Waals surface area (Å²) in [6.45, 7) is 3.58. The zero-order chi connectivity index (χ0) is 16.3. The predicted octanol–water partition coefficient (Wildman–Crippen LogP) is 2.46. The number of sulfonamides is 1. The van der Waals surface area contributed by atoms with Gasteiger partial charge in [-0.05, 0) is 49.2 Å². The zero-order valence-corrected chi connectivity index (χ0v) is 13.5. The molecule has 0 saturated carbocycles. The van der Waals surface area contributed by atoms with Crippen LogP contribution in [0.4, 0.5) is 5.69 Å². The molecular weight excluding hydrogens is 300 g/mol. The number of rotatable bonds is 4. The molecule has 0 aromatic heterocycles. The van der Waals surface area contributed by atoms with Gasteiger partial charge in [0.1, 0.15) is 0 Å². The molecule has 5 nitrogen and oxygen atoms in total. The van der Waals surface area contributed by atoms with Crippen molar-refractivity contribution in [3.63, 3.8) is 0 Å². The topological polar surface area (TPSA) is 75.3 Å². The van der Waals surface area contributed by atoms with Gasteiger partial charge in [-0.1, -0.05) is 18.2 Å². The van der Waals surface area contributed by atoms with Crippen LogP contribution in [-0.2, 0) is 10.0 Å². The lowest BCUT2D eigenvalue weighted by atomic mass is 10.2. The quantitative estimate of drug-likeness (QED) is 0.909. The van der Waals surface area contributed by atoms with Crippen LogP contribution in [-0.4, -0.2) is 21.4 Å². The van der Waals surface area contributed by atoms with Crippen LogP contribution in [0, 0.1) is 13.8 Å². The van der Waals surface area contributed by atoms with Crippen LogP contribution >= 0.6 is 0 Å². The molecule has 0 radical (unpaired) electrons. The van der Waals surface area contributed by atoms with E-state index in [4.69, 9.17) is 0 Å². The maximum Gasteiger partial charge on any atom is 0.262 e. The number of amides is 1. The van der Waals surface area contributed by atoms with Gasteiger partial charge in [0.25, 0.3) is 15.9 Å². The molecule has 0 atom stereocenters. The van der Waals surface area contributed by atoms with Gasteiger partial charge >= 0.3 is 0 Å². The molecule has 0 aliphatic heterocycles. The molecule has 2 aromatic rings. The van der Waals surface area contributed by atoms with E-state index in [1.807, 2.05) is 13.0 Å². The first-order valence-electron chi connectivity index (χ1n) is 6.76. The Morgan fingerprint density at radius 1 is 1.05 bits per heavy atom. The van der Waals surface area contributed by atoms with Crippen molar-refractivity contribution in [1.29, 1.82) is 0 Å². The minimum absolute atomic E-state index is 0.234. The summed E-state index contributed by atoms with van der Waals surface area (Å²) in [6, 6.07) is 11.6. The number of carbonyl (C=O) groups excluding carboxylic acids is 1. The summed E-state index contributed by atoms with van der Waals surface area (Å²) >= 11 is 0. The minimum atomic E-state index is -3.70. The minimum Gasteiger partial charge on any atom is -0.355 e. The average Bonchev–Trinajstić information content (AvgIpc) is 2.48. The largest absolute Gasteiger partial charge is 0.355 e. The molecule has 2 rings (SSSR count). The van der Waals surface area contributed by atoms with Gasteiger partial charge < -0.3 is 5.32 Å². The van der Waals surface area contributed by atoms with Crippen LogP contribution in [0.1, 0.15) is 21.5 Å². The van der Waals surface area contributed by atoms with Crippen molar-refractivity contribution in [2.45, 2.75) is 18.7 Å². The normalized spacial score (nSPS) is 11.0. The Hall–Kier alpha value is -2.34. The van der Waals surface area contributed by atoms with Gasteiger partial charge in [0.15, 0.2) is 0 Å². The van der Waals surface area contributed by atoms with Crippen LogP contribution < -0.4 is 10.0 Å². The summed E-state index contributed by atoms with van der Waals surface area (Å²) in [6.07, 6.45) is 0. The molecule has 22 heavy (non-hydrogen) atoms. The summed E-state index contributed by atoms with van der Waals surface area (Å²) in [7, 11) is -2.17. The van der Waals surface area contributed by atoms with Gasteiger partial charge in [-0.25, -0.2) is 8.42 Å². The maximum atomic E-state index is 12.5. The van der Waals surface area contributed by atoms with Crippen molar-refractivity contribution in [2.24, 2.45) is 0 Å². The number of benzene rings is 2. The highest BCUT2D eigenvalue weighted by atomic mass is 32.2. The first kappa shape index (κ1) is 16.0. The van der Waals surface area contributed by atoms with Crippen molar-refractivity contribution < 1.29 is 13.2 Å². The highest BCUT2D eigenvalue weighted by molar-refractivity contribution is 7.92. The van der Waals surface area contributed by atoms with Crippen LogP contribution in [0.2, 0.25) is 0 Å². The lowest BCUT2D eigenvalue weighted by Gasteiger charge is -2.12. The Morgan fingerprint density at radius 3 is 2.45 bits per heavy atom. The molecule has 0 unspecified atom stereocenters. The monoisotopic (exact) mass is 318 g/mol. The molecule has 0 fully saturated rings. The van der Waals surface area contributed by atoms with E-state index in [1.54, 1.807) is 37.3 Å². The standard InChI is InChI=1S/C16H18N2O3S/c1-11-7-8-12(2)15(9-11)22(20,21)18-14-6-4-5-13(10-14)16(19)17-3/h4-10,18H,1-3H3,(H,17,19). The van der Waals surface area contributed by atoms with E-state index in [0.29, 0.717) is 16.8 Å². The van der Waals surface area contributed by atoms with Gasteiger partial charge in [-0.15, -0.1) is 0 Å². The Morgan fingerprint density at radius 2 is 1.77 bits per heavy atom. The Labute approximate surface area is 130 Å². The number of hydrogen-bond donors (Lipinski definition) is 2. The molecule has 1 amide bonds. The third-order valence-electron chi connectivity index (χ3n) is 3.24. The van der Waals surface area contributed by atoms with Gasteiger partial charge in [0.05, 0.1) is 4.90 Å². The lowest BCUT2D eigenvalue weighted by molar-refractivity contribution is 0.0963. The number of carbonyl (C=O) groups is 1. The summed E-state index contributed by atoms with van der Waals surface area (Å²) < 4.78 is 27.5. The fraction of sp³-hybridized carbons (Fsp3) is 0.188. The SMILES string of the molecule is CNC(=O)c1cccc(NS(=O)(=O)c2cc(C)ccc2C)c1. The van der Waals surface area contributed by atoms with Crippen LogP contribution in [0.3, 0.4) is 0 Å². The van der Waals surface area contributed by atoms with E-state index >= 15 is 0 Å². The van der Waals surface area contributed by atoms with Gasteiger partial charge in [0, 0.05) is 18.3 Å². The van der Waals surface area contributed by atoms with E-state index in [1.165, 1.54) is 13.1 Å². The smallest absolute Gasteiger partial charge is 0.262 e. The second kappa shape index (κ2) is 6.19. The third kappa shape index (κ3) is 3.46. The summed E-state index contributed by atoms with van der Waals surface area (Å²) in [5.74, 6) is -0.271. The molecule has 0 spiro atoms. The second-order valence-corrected chi connectivity index (χ2v) is 6.69. The predicted molar refractivity (Wildman–Crippen MR) is 86.6 cm³/mol. The molecule has 0 aliphatic rings. The number of aryl methyl sites for hydroxylation is 2. The van der Waals surface area contributed by atoms with E-state index in [-0.39, 0.29) is 10.8 Å². The highest BCUT2D eigenvalue weighted by Crippen LogP contribution is 2.21. The van der Waals surface area contributed by atoms with Gasteiger partial charge in [-0.3, -0.25) is 9.52 Å². The Balaban J connectivity index is 2.37.